The molecule has 0 heterocycles. The number of hydrogen-bond acceptors (Lipinski definition) is 2. The fraction of sp³-hybridized carbons (Fsp3) is 1.00. The molecule has 1 unspecified atom stereocenters. The molecule has 0 spiro atoms. The molecule has 0 aliphatic carbocycles. The maximum Gasteiger partial charge on any atom is 0.00901 e. The molecule has 1 atom stereocenters. The van der Waals surface area contributed by atoms with Gasteiger partial charge in [0.05, 0.1) is 0 Å². The van der Waals surface area contributed by atoms with Gasteiger partial charge in [-0.25, -0.2) is 0 Å². The van der Waals surface area contributed by atoms with Crippen LogP contribution in [0.2, 0.25) is 0 Å². The van der Waals surface area contributed by atoms with Gasteiger partial charge in [-0.3, -0.25) is 0 Å². The van der Waals surface area contributed by atoms with Crippen LogP contribution < -0.4 is 5.73 Å². The maximum absolute atomic E-state index is 5.93. The highest BCUT2D eigenvalue weighted by atomic mass is 15.1. The lowest BCUT2D eigenvalue weighted by atomic mass is 9.93. The molecule has 0 aromatic carbocycles. The predicted octanol–water partition coefficient (Wildman–Crippen LogP) is 4.14. The average Bonchev–Trinajstić information content (AvgIpc) is 2.34. The van der Waals surface area contributed by atoms with Crippen molar-refractivity contribution in [2.45, 2.75) is 73.3 Å². The number of nitrogens with zero attached hydrogens (tertiary/aromatic N) is 1. The van der Waals surface area contributed by atoms with Crippen molar-refractivity contribution in [3.63, 3.8) is 0 Å². The molecule has 2 nitrogen and oxygen atoms in total. The molecule has 0 aliphatic heterocycles. The van der Waals surface area contributed by atoms with Gasteiger partial charge in [0, 0.05) is 12.6 Å². The Morgan fingerprint density at radius 2 is 1.53 bits per heavy atom. The standard InChI is InChI=1S/C17H38N2/c1-7-17(8-2)19(13-15(5)6)10-9-16(12-18)11-14(3)4/h14-17H,7-13,18H2,1-6H3. The summed E-state index contributed by atoms with van der Waals surface area (Å²) >= 11 is 0. The van der Waals surface area contributed by atoms with Crippen molar-refractivity contribution in [1.82, 2.24) is 4.90 Å². The molecule has 0 rings (SSSR count). The summed E-state index contributed by atoms with van der Waals surface area (Å²) in [6, 6.07) is 0.750. The van der Waals surface area contributed by atoms with Gasteiger partial charge < -0.3 is 10.6 Å². The molecule has 0 saturated carbocycles. The molecule has 0 bridgehead atoms. The van der Waals surface area contributed by atoms with Gasteiger partial charge in [0.2, 0.25) is 0 Å². The summed E-state index contributed by atoms with van der Waals surface area (Å²) in [6.45, 7) is 17.2. The van der Waals surface area contributed by atoms with Gasteiger partial charge in [-0.15, -0.1) is 0 Å². The van der Waals surface area contributed by atoms with Crippen LogP contribution in [-0.2, 0) is 0 Å². The van der Waals surface area contributed by atoms with Gasteiger partial charge in [0.25, 0.3) is 0 Å². The molecule has 2 N–H and O–H groups in total. The van der Waals surface area contributed by atoms with Crippen molar-refractivity contribution < 1.29 is 0 Å². The van der Waals surface area contributed by atoms with E-state index in [4.69, 9.17) is 5.73 Å². The van der Waals surface area contributed by atoms with Crippen molar-refractivity contribution in [2.24, 2.45) is 23.5 Å². The lowest BCUT2D eigenvalue weighted by molar-refractivity contribution is 0.152. The summed E-state index contributed by atoms with van der Waals surface area (Å²) in [7, 11) is 0. The van der Waals surface area contributed by atoms with Crippen LogP contribution in [0.1, 0.15) is 67.2 Å². The largest absolute Gasteiger partial charge is 0.330 e. The molecule has 0 aromatic heterocycles. The summed E-state index contributed by atoms with van der Waals surface area (Å²) in [5.74, 6) is 2.21. The zero-order valence-electron chi connectivity index (χ0n) is 14.3. The zero-order chi connectivity index (χ0) is 14.8. The second kappa shape index (κ2) is 10.7. The summed E-state index contributed by atoms with van der Waals surface area (Å²) in [5, 5.41) is 0. The molecule has 19 heavy (non-hydrogen) atoms. The number of hydrogen-bond donors (Lipinski definition) is 1. The quantitative estimate of drug-likeness (QED) is 0.611. The van der Waals surface area contributed by atoms with E-state index in [1.165, 1.54) is 38.8 Å². The van der Waals surface area contributed by atoms with Gasteiger partial charge in [-0.2, -0.15) is 0 Å². The molecule has 0 amide bonds. The molecule has 0 radical (unpaired) electrons. The van der Waals surface area contributed by atoms with Crippen LogP contribution in [0, 0.1) is 17.8 Å². The highest BCUT2D eigenvalue weighted by molar-refractivity contribution is 4.73. The molecule has 0 fully saturated rings. The van der Waals surface area contributed by atoms with E-state index in [2.05, 4.69) is 46.4 Å². The topological polar surface area (TPSA) is 29.3 Å². The minimum absolute atomic E-state index is 0.698. The van der Waals surface area contributed by atoms with Crippen molar-refractivity contribution in [3.05, 3.63) is 0 Å². The first-order chi connectivity index (χ1) is 8.94. The van der Waals surface area contributed by atoms with Crippen LogP contribution in [0.25, 0.3) is 0 Å². The number of nitrogens with two attached hydrogens (primary N) is 1. The SMILES string of the molecule is CCC(CC)N(CCC(CN)CC(C)C)CC(C)C. The van der Waals surface area contributed by atoms with Gasteiger partial charge in [-0.05, 0) is 56.5 Å². The number of rotatable bonds is 11. The average molecular weight is 271 g/mol. The van der Waals surface area contributed by atoms with E-state index in [0.717, 1.165) is 24.4 Å². The first-order valence-corrected chi connectivity index (χ1v) is 8.38. The van der Waals surface area contributed by atoms with Crippen molar-refractivity contribution in [1.29, 1.82) is 0 Å². The van der Waals surface area contributed by atoms with E-state index in [1.807, 2.05) is 0 Å². The minimum Gasteiger partial charge on any atom is -0.330 e. The van der Waals surface area contributed by atoms with Crippen LogP contribution in [0.15, 0.2) is 0 Å². The van der Waals surface area contributed by atoms with E-state index in [9.17, 15) is 0 Å². The van der Waals surface area contributed by atoms with Gasteiger partial charge in [0.15, 0.2) is 0 Å². The molecule has 0 saturated heterocycles. The molecule has 0 aliphatic rings. The minimum atomic E-state index is 0.698. The Morgan fingerprint density at radius 1 is 0.947 bits per heavy atom. The Hall–Kier alpha value is -0.0800. The lowest BCUT2D eigenvalue weighted by Crippen LogP contribution is -2.39. The fourth-order valence-electron chi connectivity index (χ4n) is 3.04. The molecule has 0 aromatic rings. The van der Waals surface area contributed by atoms with Crippen molar-refractivity contribution in [3.8, 4) is 0 Å². The van der Waals surface area contributed by atoms with Crippen LogP contribution in [0.3, 0.4) is 0 Å². The van der Waals surface area contributed by atoms with E-state index < -0.39 is 0 Å². The van der Waals surface area contributed by atoms with Crippen LogP contribution in [-0.4, -0.2) is 30.6 Å². The van der Waals surface area contributed by atoms with Crippen molar-refractivity contribution in [2.75, 3.05) is 19.6 Å². The summed E-state index contributed by atoms with van der Waals surface area (Å²) in [4.78, 5) is 2.70. The molecular weight excluding hydrogens is 232 g/mol. The summed E-state index contributed by atoms with van der Waals surface area (Å²) in [6.07, 6.45) is 5.06. The van der Waals surface area contributed by atoms with Crippen LogP contribution in [0.5, 0.6) is 0 Å². The first kappa shape index (κ1) is 18.9. The van der Waals surface area contributed by atoms with E-state index in [0.29, 0.717) is 5.92 Å². The predicted molar refractivity (Wildman–Crippen MR) is 87.4 cm³/mol. The third-order valence-corrected chi connectivity index (χ3v) is 4.02. The van der Waals surface area contributed by atoms with Gasteiger partial charge in [0.1, 0.15) is 0 Å². The third kappa shape index (κ3) is 8.65. The van der Waals surface area contributed by atoms with Crippen LogP contribution >= 0.6 is 0 Å². The Kier molecular flexibility index (Phi) is 10.6. The lowest BCUT2D eigenvalue weighted by Gasteiger charge is -2.33. The Morgan fingerprint density at radius 3 is 1.89 bits per heavy atom. The molecule has 2 heteroatoms. The maximum atomic E-state index is 5.93. The highest BCUT2D eigenvalue weighted by Gasteiger charge is 2.18. The van der Waals surface area contributed by atoms with E-state index in [-0.39, 0.29) is 0 Å². The Labute approximate surface area is 122 Å². The van der Waals surface area contributed by atoms with Crippen molar-refractivity contribution >= 4 is 0 Å². The Balaban J connectivity index is 4.37. The first-order valence-electron chi connectivity index (χ1n) is 8.38. The highest BCUT2D eigenvalue weighted by Crippen LogP contribution is 2.18. The summed E-state index contributed by atoms with van der Waals surface area (Å²) in [5.41, 5.74) is 5.93. The van der Waals surface area contributed by atoms with Crippen LogP contribution in [0.4, 0.5) is 0 Å². The fourth-order valence-corrected chi connectivity index (χ4v) is 3.04. The van der Waals surface area contributed by atoms with E-state index in [1.54, 1.807) is 0 Å². The van der Waals surface area contributed by atoms with E-state index >= 15 is 0 Å². The second-order valence-electron chi connectivity index (χ2n) is 6.88. The van der Waals surface area contributed by atoms with Gasteiger partial charge in [-0.1, -0.05) is 41.5 Å². The third-order valence-electron chi connectivity index (χ3n) is 4.02. The van der Waals surface area contributed by atoms with Gasteiger partial charge >= 0.3 is 0 Å². The summed E-state index contributed by atoms with van der Waals surface area (Å²) < 4.78 is 0. The second-order valence-corrected chi connectivity index (χ2v) is 6.88. The smallest absolute Gasteiger partial charge is 0.00901 e. The Bertz CT molecular complexity index is 197. The normalized spacial score (nSPS) is 14.1. The zero-order valence-corrected chi connectivity index (χ0v) is 14.3. The monoisotopic (exact) mass is 270 g/mol. The molecule has 116 valence electrons. The molecular formula is C17H38N2.